The highest BCUT2D eigenvalue weighted by molar-refractivity contribution is 14.0. The normalized spacial score (nSPS) is 21.9. The predicted molar refractivity (Wildman–Crippen MR) is 123 cm³/mol. The third kappa shape index (κ3) is 6.01. The number of hydrogen-bond acceptors (Lipinski definition) is 5. The van der Waals surface area contributed by atoms with Crippen LogP contribution in [0.1, 0.15) is 42.3 Å². The van der Waals surface area contributed by atoms with E-state index in [0.717, 1.165) is 45.2 Å². The lowest BCUT2D eigenvalue weighted by Gasteiger charge is -2.38. The molecule has 0 saturated carbocycles. The first-order valence-corrected chi connectivity index (χ1v) is 10.6. The summed E-state index contributed by atoms with van der Waals surface area (Å²) in [5.41, 5.74) is 1.34. The Labute approximate surface area is 184 Å². The van der Waals surface area contributed by atoms with Crippen molar-refractivity contribution in [1.82, 2.24) is 20.1 Å². The quantitative estimate of drug-likeness (QED) is 0.378. The summed E-state index contributed by atoms with van der Waals surface area (Å²) in [6, 6.07) is 0.924. The number of nitrogens with one attached hydrogen (secondary N) is 1. The van der Waals surface area contributed by atoms with E-state index in [9.17, 15) is 0 Å². The number of aromatic nitrogens is 1. The zero-order valence-corrected chi connectivity index (χ0v) is 20.2. The van der Waals surface area contributed by atoms with Gasteiger partial charge >= 0.3 is 0 Å². The summed E-state index contributed by atoms with van der Waals surface area (Å²) >= 11 is 1.88. The van der Waals surface area contributed by atoms with E-state index in [1.165, 1.54) is 34.8 Å². The van der Waals surface area contributed by atoms with E-state index in [-0.39, 0.29) is 24.0 Å². The monoisotopic (exact) mass is 507 g/mol. The number of nitrogens with zero attached hydrogens (tertiary/aromatic N) is 4. The zero-order chi connectivity index (χ0) is 18.5. The molecule has 2 unspecified atom stereocenters. The Morgan fingerprint density at radius 1 is 1.44 bits per heavy atom. The summed E-state index contributed by atoms with van der Waals surface area (Å²) in [5.74, 6) is 0.936. The molecule has 1 N–H and O–H groups in total. The standard InChI is InChI=1S/C19H33N5OS.HI/c1-14(24-9-10-25-13-15(24)2)11-21-19(20-3)23(4)12-18-22-16-7-5-6-8-17(16)26-18;/h14-15H,5-13H2,1-4H3,(H,20,21);1H. The summed E-state index contributed by atoms with van der Waals surface area (Å²) in [4.78, 5) is 15.5. The molecule has 2 atom stereocenters. The first-order chi connectivity index (χ1) is 12.6. The van der Waals surface area contributed by atoms with E-state index in [1.807, 2.05) is 18.4 Å². The lowest BCUT2D eigenvalue weighted by Crippen LogP contribution is -2.53. The number of aryl methyl sites for hydroxylation is 2. The Balaban J connectivity index is 0.00000261. The minimum atomic E-state index is 0. The van der Waals surface area contributed by atoms with Crippen molar-refractivity contribution in [2.45, 2.75) is 58.2 Å². The van der Waals surface area contributed by atoms with Crippen LogP contribution in [0.5, 0.6) is 0 Å². The number of ether oxygens (including phenoxy) is 1. The second-order valence-corrected chi connectivity index (χ2v) is 8.65. The van der Waals surface area contributed by atoms with Gasteiger partial charge in [-0.15, -0.1) is 35.3 Å². The van der Waals surface area contributed by atoms with Crippen LogP contribution >= 0.6 is 35.3 Å². The van der Waals surface area contributed by atoms with Crippen molar-refractivity contribution in [3.63, 3.8) is 0 Å². The molecule has 1 aromatic rings. The molecule has 1 fully saturated rings. The van der Waals surface area contributed by atoms with Crippen molar-refractivity contribution >= 4 is 41.3 Å². The van der Waals surface area contributed by atoms with E-state index in [2.05, 4.69) is 41.0 Å². The fraction of sp³-hybridized carbons (Fsp3) is 0.789. The smallest absolute Gasteiger partial charge is 0.193 e. The Hall–Kier alpha value is -0.450. The molecule has 154 valence electrons. The molecule has 27 heavy (non-hydrogen) atoms. The summed E-state index contributed by atoms with van der Waals surface area (Å²) in [7, 11) is 3.95. The Morgan fingerprint density at radius 2 is 2.22 bits per heavy atom. The van der Waals surface area contributed by atoms with Crippen molar-refractivity contribution in [2.75, 3.05) is 40.4 Å². The first-order valence-electron chi connectivity index (χ1n) is 9.81. The van der Waals surface area contributed by atoms with Crippen LogP contribution in [0, 0.1) is 0 Å². The van der Waals surface area contributed by atoms with Gasteiger partial charge in [0.25, 0.3) is 0 Å². The average molecular weight is 507 g/mol. The SMILES string of the molecule is CN=C(NCC(C)N1CCOCC1C)N(C)Cc1nc2c(s1)CCCC2.I. The Bertz CT molecular complexity index is 600. The molecule has 0 bridgehead atoms. The lowest BCUT2D eigenvalue weighted by atomic mass is 10.0. The molecule has 0 amide bonds. The van der Waals surface area contributed by atoms with Gasteiger partial charge in [-0.1, -0.05) is 0 Å². The van der Waals surface area contributed by atoms with E-state index >= 15 is 0 Å². The fourth-order valence-corrected chi connectivity index (χ4v) is 5.10. The van der Waals surface area contributed by atoms with Crippen molar-refractivity contribution in [3.8, 4) is 0 Å². The van der Waals surface area contributed by atoms with Crippen LogP contribution < -0.4 is 5.32 Å². The first kappa shape index (κ1) is 22.8. The molecule has 0 radical (unpaired) electrons. The van der Waals surface area contributed by atoms with Gasteiger partial charge < -0.3 is 15.0 Å². The molecule has 1 aliphatic carbocycles. The van der Waals surface area contributed by atoms with Gasteiger partial charge in [-0.3, -0.25) is 9.89 Å². The van der Waals surface area contributed by atoms with Crippen molar-refractivity contribution in [3.05, 3.63) is 15.6 Å². The van der Waals surface area contributed by atoms with Crippen LogP contribution in [0.4, 0.5) is 0 Å². The minimum Gasteiger partial charge on any atom is -0.379 e. The molecule has 0 spiro atoms. The lowest BCUT2D eigenvalue weighted by molar-refractivity contribution is -0.0175. The van der Waals surface area contributed by atoms with Gasteiger partial charge in [0, 0.05) is 44.1 Å². The number of thiazole rings is 1. The number of halogens is 1. The average Bonchev–Trinajstić information content (AvgIpc) is 3.04. The van der Waals surface area contributed by atoms with Crippen LogP contribution in [0.15, 0.2) is 4.99 Å². The molecular formula is C19H34IN5OS. The molecule has 2 aliphatic rings. The second kappa shape index (κ2) is 10.9. The highest BCUT2D eigenvalue weighted by atomic mass is 127. The fourth-order valence-electron chi connectivity index (χ4n) is 3.89. The Morgan fingerprint density at radius 3 is 2.93 bits per heavy atom. The Kier molecular flexibility index (Phi) is 9.24. The third-order valence-electron chi connectivity index (χ3n) is 5.38. The molecule has 1 aliphatic heterocycles. The van der Waals surface area contributed by atoms with Gasteiger partial charge in [0.05, 0.1) is 25.5 Å². The highest BCUT2D eigenvalue weighted by Crippen LogP contribution is 2.27. The zero-order valence-electron chi connectivity index (χ0n) is 17.0. The van der Waals surface area contributed by atoms with Crippen LogP contribution in [-0.4, -0.2) is 73.2 Å². The van der Waals surface area contributed by atoms with Crippen LogP contribution in [0.3, 0.4) is 0 Å². The molecule has 1 saturated heterocycles. The summed E-state index contributed by atoms with van der Waals surface area (Å²) in [6.07, 6.45) is 4.95. The number of hydrogen-bond donors (Lipinski definition) is 1. The topological polar surface area (TPSA) is 53.0 Å². The van der Waals surface area contributed by atoms with Gasteiger partial charge in [0.2, 0.25) is 0 Å². The van der Waals surface area contributed by atoms with Crippen molar-refractivity contribution in [1.29, 1.82) is 0 Å². The molecular weight excluding hydrogens is 473 g/mol. The number of aliphatic imine (C=N–C) groups is 1. The molecule has 8 heteroatoms. The molecule has 1 aromatic heterocycles. The van der Waals surface area contributed by atoms with E-state index in [1.54, 1.807) is 0 Å². The molecule has 6 nitrogen and oxygen atoms in total. The maximum atomic E-state index is 5.55. The largest absolute Gasteiger partial charge is 0.379 e. The van der Waals surface area contributed by atoms with Crippen LogP contribution in [0.25, 0.3) is 0 Å². The summed E-state index contributed by atoms with van der Waals surface area (Å²) in [5, 5.41) is 4.74. The summed E-state index contributed by atoms with van der Waals surface area (Å²) < 4.78 is 5.55. The maximum absolute atomic E-state index is 5.55. The van der Waals surface area contributed by atoms with Crippen LogP contribution in [-0.2, 0) is 24.1 Å². The highest BCUT2D eigenvalue weighted by Gasteiger charge is 2.24. The van der Waals surface area contributed by atoms with E-state index < -0.39 is 0 Å². The van der Waals surface area contributed by atoms with Gasteiger partial charge in [0.15, 0.2) is 5.96 Å². The number of guanidine groups is 1. The van der Waals surface area contributed by atoms with Crippen molar-refractivity contribution in [2.24, 2.45) is 4.99 Å². The maximum Gasteiger partial charge on any atom is 0.193 e. The minimum absolute atomic E-state index is 0. The van der Waals surface area contributed by atoms with Gasteiger partial charge in [-0.25, -0.2) is 4.98 Å². The van der Waals surface area contributed by atoms with Gasteiger partial charge in [-0.05, 0) is 39.5 Å². The second-order valence-electron chi connectivity index (χ2n) is 7.48. The molecule has 2 heterocycles. The summed E-state index contributed by atoms with van der Waals surface area (Å²) in [6.45, 7) is 8.88. The van der Waals surface area contributed by atoms with Crippen LogP contribution in [0.2, 0.25) is 0 Å². The number of morpholine rings is 1. The van der Waals surface area contributed by atoms with Gasteiger partial charge in [-0.2, -0.15) is 0 Å². The number of fused-ring (bicyclic) bond motifs is 1. The molecule has 3 rings (SSSR count). The number of rotatable bonds is 5. The molecule has 0 aromatic carbocycles. The third-order valence-corrected chi connectivity index (χ3v) is 6.52. The van der Waals surface area contributed by atoms with Crippen molar-refractivity contribution < 1.29 is 4.74 Å². The van der Waals surface area contributed by atoms with Gasteiger partial charge in [0.1, 0.15) is 5.01 Å². The van der Waals surface area contributed by atoms with E-state index in [4.69, 9.17) is 9.72 Å². The van der Waals surface area contributed by atoms with E-state index in [0.29, 0.717) is 12.1 Å². The predicted octanol–water partition coefficient (Wildman–Crippen LogP) is 2.76.